The fourth-order valence-corrected chi connectivity index (χ4v) is 4.09. The van der Waals surface area contributed by atoms with Crippen LogP contribution in [0.2, 0.25) is 0 Å². The van der Waals surface area contributed by atoms with Crippen molar-refractivity contribution < 1.29 is 14.5 Å². The fourth-order valence-electron chi connectivity index (χ4n) is 4.09. The zero-order valence-corrected chi connectivity index (χ0v) is 15.8. The van der Waals surface area contributed by atoms with Gasteiger partial charge in [0.05, 0.1) is 4.92 Å². The maximum absolute atomic E-state index is 12.7. The van der Waals surface area contributed by atoms with Crippen molar-refractivity contribution >= 4 is 17.5 Å². The number of hydrogen-bond acceptors (Lipinski definition) is 4. The lowest BCUT2D eigenvalue weighted by Crippen LogP contribution is -2.48. The lowest BCUT2D eigenvalue weighted by atomic mass is 9.88. The molecular weight excluding hydrogens is 346 g/mol. The van der Waals surface area contributed by atoms with Crippen LogP contribution >= 0.6 is 0 Å². The van der Waals surface area contributed by atoms with Crippen LogP contribution in [0.4, 0.5) is 5.69 Å². The van der Waals surface area contributed by atoms with Crippen molar-refractivity contribution in [1.82, 2.24) is 10.2 Å². The minimum Gasteiger partial charge on any atom is -0.353 e. The van der Waals surface area contributed by atoms with E-state index in [4.69, 9.17) is 0 Å². The molecule has 7 heteroatoms. The van der Waals surface area contributed by atoms with Crippen molar-refractivity contribution in [2.75, 3.05) is 13.1 Å². The molecule has 1 aromatic carbocycles. The zero-order valence-electron chi connectivity index (χ0n) is 15.8. The molecule has 2 amide bonds. The van der Waals surface area contributed by atoms with E-state index in [-0.39, 0.29) is 29.5 Å². The summed E-state index contributed by atoms with van der Waals surface area (Å²) in [7, 11) is 0. The van der Waals surface area contributed by atoms with Gasteiger partial charge in [-0.3, -0.25) is 19.7 Å². The highest BCUT2D eigenvalue weighted by molar-refractivity contribution is 5.94. The third-order valence-corrected chi connectivity index (χ3v) is 5.74. The molecule has 0 atom stereocenters. The molecule has 0 bridgehead atoms. The predicted octanol–water partition coefficient (Wildman–Crippen LogP) is 3.20. The molecule has 146 valence electrons. The highest BCUT2D eigenvalue weighted by Gasteiger charge is 2.28. The largest absolute Gasteiger partial charge is 0.353 e. The van der Waals surface area contributed by atoms with E-state index in [2.05, 4.69) is 5.32 Å². The Kier molecular flexibility index (Phi) is 6.08. The maximum Gasteiger partial charge on any atom is 0.272 e. The van der Waals surface area contributed by atoms with Gasteiger partial charge in [0, 0.05) is 42.2 Å². The Bertz CT molecular complexity index is 720. The summed E-state index contributed by atoms with van der Waals surface area (Å²) in [4.78, 5) is 37.3. The number of nitro groups is 1. The number of nitro benzene ring substituents is 1. The molecule has 0 aromatic heterocycles. The summed E-state index contributed by atoms with van der Waals surface area (Å²) >= 11 is 0. The number of benzene rings is 1. The van der Waals surface area contributed by atoms with Gasteiger partial charge in [0.25, 0.3) is 11.6 Å². The number of carbonyl (C=O) groups excluding carboxylic acids is 2. The van der Waals surface area contributed by atoms with Crippen LogP contribution in [0.15, 0.2) is 18.2 Å². The first-order valence-electron chi connectivity index (χ1n) is 9.80. The molecule has 7 nitrogen and oxygen atoms in total. The maximum atomic E-state index is 12.7. The molecule has 0 radical (unpaired) electrons. The SMILES string of the molecule is Cc1cc(C(=O)N2CCC(NC(=O)C3CCCCC3)CC2)ccc1[N+](=O)[O-]. The number of amides is 2. The monoisotopic (exact) mass is 373 g/mol. The number of nitrogens with zero attached hydrogens (tertiary/aromatic N) is 2. The molecule has 2 aliphatic rings. The number of hydrogen-bond donors (Lipinski definition) is 1. The van der Waals surface area contributed by atoms with Crippen molar-refractivity contribution in [2.45, 2.75) is 57.9 Å². The van der Waals surface area contributed by atoms with Crippen molar-refractivity contribution in [3.63, 3.8) is 0 Å². The second-order valence-electron chi connectivity index (χ2n) is 7.67. The van der Waals surface area contributed by atoms with E-state index >= 15 is 0 Å². The van der Waals surface area contributed by atoms with Gasteiger partial charge in [-0.1, -0.05) is 19.3 Å². The Morgan fingerprint density at radius 2 is 1.78 bits per heavy atom. The third-order valence-electron chi connectivity index (χ3n) is 5.74. The molecule has 1 N–H and O–H groups in total. The Morgan fingerprint density at radius 1 is 1.11 bits per heavy atom. The van der Waals surface area contributed by atoms with Crippen LogP contribution in [0.25, 0.3) is 0 Å². The number of rotatable bonds is 4. The van der Waals surface area contributed by atoms with E-state index in [0.29, 0.717) is 24.2 Å². The molecule has 1 aromatic rings. The minimum atomic E-state index is -0.440. The highest BCUT2D eigenvalue weighted by Crippen LogP contribution is 2.25. The number of piperidine rings is 1. The fraction of sp³-hybridized carbons (Fsp3) is 0.600. The van der Waals surface area contributed by atoms with Gasteiger partial charge < -0.3 is 10.2 Å². The number of carbonyl (C=O) groups is 2. The van der Waals surface area contributed by atoms with E-state index in [0.717, 1.165) is 38.5 Å². The summed E-state index contributed by atoms with van der Waals surface area (Å²) in [5, 5.41) is 14.1. The van der Waals surface area contributed by atoms with Gasteiger partial charge in [-0.05, 0) is 44.7 Å². The summed E-state index contributed by atoms with van der Waals surface area (Å²) in [6.07, 6.45) is 6.98. The molecule has 27 heavy (non-hydrogen) atoms. The Morgan fingerprint density at radius 3 is 2.37 bits per heavy atom. The molecule has 0 unspecified atom stereocenters. The molecular formula is C20H27N3O4. The van der Waals surface area contributed by atoms with Crippen LogP contribution in [0.5, 0.6) is 0 Å². The van der Waals surface area contributed by atoms with Crippen LogP contribution in [0.1, 0.15) is 60.9 Å². The van der Waals surface area contributed by atoms with E-state index in [9.17, 15) is 19.7 Å². The zero-order chi connectivity index (χ0) is 19.4. The summed E-state index contributed by atoms with van der Waals surface area (Å²) in [5.41, 5.74) is 0.985. The minimum absolute atomic E-state index is 0.0238. The molecule has 1 aliphatic carbocycles. The number of nitrogens with one attached hydrogen (secondary N) is 1. The lowest BCUT2D eigenvalue weighted by molar-refractivity contribution is -0.385. The summed E-state index contributed by atoms with van der Waals surface area (Å²) < 4.78 is 0. The van der Waals surface area contributed by atoms with Gasteiger partial charge >= 0.3 is 0 Å². The number of aryl methyl sites for hydroxylation is 1. The predicted molar refractivity (Wildman–Crippen MR) is 101 cm³/mol. The van der Waals surface area contributed by atoms with Crippen molar-refractivity contribution in [2.24, 2.45) is 5.92 Å². The Hall–Kier alpha value is -2.44. The van der Waals surface area contributed by atoms with Gasteiger partial charge in [-0.2, -0.15) is 0 Å². The van der Waals surface area contributed by atoms with Crippen molar-refractivity contribution in [3.8, 4) is 0 Å². The first kappa shape index (κ1) is 19.3. The molecule has 0 spiro atoms. The van der Waals surface area contributed by atoms with Crippen molar-refractivity contribution in [1.29, 1.82) is 0 Å². The number of likely N-dealkylation sites (tertiary alicyclic amines) is 1. The third kappa shape index (κ3) is 4.64. The Balaban J connectivity index is 1.52. The second kappa shape index (κ2) is 8.50. The first-order chi connectivity index (χ1) is 13.0. The van der Waals surface area contributed by atoms with E-state index in [1.165, 1.54) is 18.6 Å². The lowest BCUT2D eigenvalue weighted by Gasteiger charge is -2.33. The smallest absolute Gasteiger partial charge is 0.272 e. The van der Waals surface area contributed by atoms with Crippen LogP contribution in [-0.4, -0.2) is 40.8 Å². The van der Waals surface area contributed by atoms with E-state index in [1.807, 2.05) is 0 Å². The highest BCUT2D eigenvalue weighted by atomic mass is 16.6. The summed E-state index contributed by atoms with van der Waals surface area (Å²) in [5.74, 6) is 0.219. The Labute approximate surface area is 159 Å². The van der Waals surface area contributed by atoms with Gasteiger partial charge in [-0.25, -0.2) is 0 Å². The van der Waals surface area contributed by atoms with Crippen LogP contribution < -0.4 is 5.32 Å². The van der Waals surface area contributed by atoms with Gasteiger partial charge in [0.2, 0.25) is 5.91 Å². The quantitative estimate of drug-likeness (QED) is 0.648. The molecule has 1 saturated carbocycles. The first-order valence-corrected chi connectivity index (χ1v) is 9.80. The molecule has 1 heterocycles. The molecule has 2 fully saturated rings. The normalized spacial score (nSPS) is 18.9. The van der Waals surface area contributed by atoms with Crippen LogP contribution in [-0.2, 0) is 4.79 Å². The topological polar surface area (TPSA) is 92.6 Å². The molecule has 3 rings (SSSR count). The van der Waals surface area contributed by atoms with Crippen molar-refractivity contribution in [3.05, 3.63) is 39.4 Å². The summed E-state index contributed by atoms with van der Waals surface area (Å²) in [6.45, 7) is 2.82. The average molecular weight is 373 g/mol. The van der Waals surface area contributed by atoms with Crippen LogP contribution in [0, 0.1) is 23.0 Å². The van der Waals surface area contributed by atoms with Gasteiger partial charge in [-0.15, -0.1) is 0 Å². The van der Waals surface area contributed by atoms with Crippen LogP contribution in [0.3, 0.4) is 0 Å². The molecule has 1 saturated heterocycles. The second-order valence-corrected chi connectivity index (χ2v) is 7.67. The van der Waals surface area contributed by atoms with E-state index < -0.39 is 4.92 Å². The van der Waals surface area contributed by atoms with Gasteiger partial charge in [0.15, 0.2) is 0 Å². The average Bonchev–Trinajstić information content (AvgIpc) is 2.68. The molecule has 1 aliphatic heterocycles. The van der Waals surface area contributed by atoms with E-state index in [1.54, 1.807) is 17.9 Å². The van der Waals surface area contributed by atoms with Gasteiger partial charge in [0.1, 0.15) is 0 Å². The summed E-state index contributed by atoms with van der Waals surface area (Å²) in [6, 6.07) is 4.61. The standard InChI is InChI=1S/C20H27N3O4/c1-14-13-16(7-8-18(14)23(26)27)20(25)22-11-9-17(10-12-22)21-19(24)15-5-3-2-4-6-15/h7-8,13,15,17H,2-6,9-12H2,1H3,(H,21,24).